The van der Waals surface area contributed by atoms with Crippen LogP contribution in [0.1, 0.15) is 6.23 Å². The quantitative estimate of drug-likeness (QED) is 0.641. The lowest BCUT2D eigenvalue weighted by molar-refractivity contribution is -0.0580. The first kappa shape index (κ1) is 13.2. The van der Waals surface area contributed by atoms with Crippen molar-refractivity contribution in [3.05, 3.63) is 12.7 Å². The minimum atomic E-state index is -1.15. The second-order valence-corrected chi connectivity index (χ2v) is 4.52. The van der Waals surface area contributed by atoms with Gasteiger partial charge in [-0.1, -0.05) is 0 Å². The van der Waals surface area contributed by atoms with E-state index < -0.39 is 24.5 Å². The van der Waals surface area contributed by atoms with E-state index in [9.17, 15) is 15.3 Å². The Bertz CT molecular complexity index is 618. The highest BCUT2D eigenvalue weighted by molar-refractivity contribution is 5.75. The van der Waals surface area contributed by atoms with E-state index >= 15 is 0 Å². The van der Waals surface area contributed by atoms with Crippen LogP contribution in [-0.4, -0.2) is 66.9 Å². The Labute approximate surface area is 113 Å². The van der Waals surface area contributed by atoms with Gasteiger partial charge in [0.15, 0.2) is 17.4 Å². The number of rotatable bonds is 3. The lowest BCUT2D eigenvalue weighted by atomic mass is 10.1. The van der Waals surface area contributed by atoms with Crippen molar-refractivity contribution in [2.75, 3.05) is 13.7 Å². The van der Waals surface area contributed by atoms with Crippen LogP contribution >= 0.6 is 0 Å². The van der Waals surface area contributed by atoms with E-state index in [2.05, 4.69) is 15.0 Å². The molecule has 0 aromatic carbocycles. The smallest absolute Gasteiger partial charge is 0.242 e. The maximum Gasteiger partial charge on any atom is 0.242 e. The maximum atomic E-state index is 10.1. The van der Waals surface area contributed by atoms with Gasteiger partial charge in [-0.15, -0.1) is 0 Å². The molecule has 3 N–H and O–H groups in total. The van der Waals surface area contributed by atoms with Gasteiger partial charge in [0, 0.05) is 7.11 Å². The van der Waals surface area contributed by atoms with Crippen molar-refractivity contribution in [3.63, 3.8) is 0 Å². The normalized spacial score (nSPS) is 30.1. The van der Waals surface area contributed by atoms with Crippen molar-refractivity contribution in [2.45, 2.75) is 24.5 Å². The van der Waals surface area contributed by atoms with Crippen LogP contribution in [0.2, 0.25) is 0 Å². The molecule has 9 nitrogen and oxygen atoms in total. The number of imidazole rings is 1. The summed E-state index contributed by atoms with van der Waals surface area (Å²) in [6.07, 6.45) is -1.18. The predicted octanol–water partition coefficient (Wildman–Crippen LogP) is -1.20. The van der Waals surface area contributed by atoms with Gasteiger partial charge in [-0.3, -0.25) is 4.57 Å². The third kappa shape index (κ3) is 1.91. The van der Waals surface area contributed by atoms with Gasteiger partial charge in [0.05, 0.1) is 12.9 Å². The molecular weight excluding hydrogens is 268 g/mol. The molecule has 9 heteroatoms. The van der Waals surface area contributed by atoms with E-state index in [1.807, 2.05) is 0 Å². The van der Waals surface area contributed by atoms with Crippen LogP contribution in [0.5, 0.6) is 5.88 Å². The lowest BCUT2D eigenvalue weighted by Gasteiger charge is -2.16. The summed E-state index contributed by atoms with van der Waals surface area (Å²) in [5.41, 5.74) is 0.514. The third-order valence-electron chi connectivity index (χ3n) is 3.28. The van der Waals surface area contributed by atoms with Crippen LogP contribution in [-0.2, 0) is 9.47 Å². The second kappa shape index (κ2) is 4.94. The molecule has 1 aliphatic heterocycles. The van der Waals surface area contributed by atoms with Crippen LogP contribution in [0.4, 0.5) is 0 Å². The van der Waals surface area contributed by atoms with Crippen LogP contribution < -0.4 is 0 Å². The van der Waals surface area contributed by atoms with E-state index in [1.54, 1.807) is 0 Å². The zero-order valence-corrected chi connectivity index (χ0v) is 10.6. The van der Waals surface area contributed by atoms with Crippen molar-refractivity contribution in [3.8, 4) is 5.88 Å². The molecule has 0 aliphatic carbocycles. The number of nitrogens with zero attached hydrogens (tertiary/aromatic N) is 4. The summed E-state index contributed by atoms with van der Waals surface area (Å²) in [6.45, 7) is 0.154. The van der Waals surface area contributed by atoms with Gasteiger partial charge in [0.25, 0.3) is 0 Å². The number of aromatic nitrogens is 4. The molecule has 1 fully saturated rings. The van der Waals surface area contributed by atoms with Gasteiger partial charge in [-0.25, -0.2) is 9.97 Å². The largest absolute Gasteiger partial charge is 0.492 e. The van der Waals surface area contributed by atoms with E-state index in [4.69, 9.17) is 9.47 Å². The number of fused-ring (bicyclic) bond motifs is 1. The molecule has 3 heterocycles. The summed E-state index contributed by atoms with van der Waals surface area (Å²) < 4.78 is 11.9. The fraction of sp³-hybridized carbons (Fsp3) is 0.545. The summed E-state index contributed by atoms with van der Waals surface area (Å²) in [5.74, 6) is -0.254. The molecule has 108 valence electrons. The predicted molar refractivity (Wildman–Crippen MR) is 64.8 cm³/mol. The summed E-state index contributed by atoms with van der Waals surface area (Å²) in [5, 5.41) is 29.6. The number of aliphatic hydroxyl groups is 2. The van der Waals surface area contributed by atoms with Crippen molar-refractivity contribution < 1.29 is 24.8 Å². The first-order chi connectivity index (χ1) is 9.63. The molecule has 3 rings (SSSR count). The second-order valence-electron chi connectivity index (χ2n) is 4.52. The highest BCUT2D eigenvalue weighted by Crippen LogP contribution is 2.32. The van der Waals surface area contributed by atoms with Crippen LogP contribution in [0, 0.1) is 0 Å². The molecule has 0 amide bonds. The fourth-order valence-electron chi connectivity index (χ4n) is 2.29. The lowest BCUT2D eigenvalue weighted by Crippen LogP contribution is -2.33. The van der Waals surface area contributed by atoms with Gasteiger partial charge >= 0.3 is 0 Å². The Kier molecular flexibility index (Phi) is 3.26. The highest BCUT2D eigenvalue weighted by atomic mass is 16.6. The molecule has 0 radical (unpaired) electrons. The van der Waals surface area contributed by atoms with E-state index in [0.717, 1.165) is 0 Å². The Balaban J connectivity index is 1.97. The molecule has 4 atom stereocenters. The molecular formula is C11H14N4O5. The Morgan fingerprint density at radius 2 is 2.10 bits per heavy atom. The van der Waals surface area contributed by atoms with Gasteiger partial charge in [-0.05, 0) is 0 Å². The molecule has 20 heavy (non-hydrogen) atoms. The number of methoxy groups -OCH3 is 1. The monoisotopic (exact) mass is 282 g/mol. The van der Waals surface area contributed by atoms with Gasteiger partial charge in [0.1, 0.15) is 24.6 Å². The SMILES string of the molecule is COC[C@H]1O[C@@H](n2cnc3c(O)ncnc32)C(O)C1O. The topological polar surface area (TPSA) is 123 Å². The van der Waals surface area contributed by atoms with Crippen LogP contribution in [0.3, 0.4) is 0 Å². The zero-order chi connectivity index (χ0) is 14.3. The van der Waals surface area contributed by atoms with Crippen molar-refractivity contribution in [2.24, 2.45) is 0 Å². The molecule has 1 saturated heterocycles. The molecule has 2 aromatic rings. The third-order valence-corrected chi connectivity index (χ3v) is 3.28. The standard InChI is InChI=1S/C11H14N4O5/c1-19-2-5-7(16)8(17)11(20-5)15-4-14-6-9(15)12-3-13-10(6)18/h3-5,7-8,11,16-17H,2H2,1H3,(H,12,13,18)/t5-,7?,8?,11-/m1/s1. The highest BCUT2D eigenvalue weighted by Gasteiger charge is 2.44. The van der Waals surface area contributed by atoms with Crippen molar-refractivity contribution >= 4 is 11.2 Å². The molecule has 0 saturated carbocycles. The van der Waals surface area contributed by atoms with Crippen LogP contribution in [0.15, 0.2) is 12.7 Å². The summed E-state index contributed by atoms with van der Waals surface area (Å²) in [7, 11) is 1.48. The Morgan fingerprint density at radius 1 is 1.30 bits per heavy atom. The average Bonchev–Trinajstić information content (AvgIpc) is 2.97. The van der Waals surface area contributed by atoms with Gasteiger partial charge in [-0.2, -0.15) is 4.98 Å². The number of ether oxygens (including phenoxy) is 2. The average molecular weight is 282 g/mol. The van der Waals surface area contributed by atoms with E-state index in [0.29, 0.717) is 5.65 Å². The van der Waals surface area contributed by atoms with Gasteiger partial charge in [0.2, 0.25) is 5.88 Å². The Hall–Kier alpha value is -1.81. The maximum absolute atomic E-state index is 10.1. The van der Waals surface area contributed by atoms with Crippen molar-refractivity contribution in [1.82, 2.24) is 19.5 Å². The van der Waals surface area contributed by atoms with E-state index in [-0.39, 0.29) is 18.0 Å². The first-order valence-corrected chi connectivity index (χ1v) is 6.00. The number of aliphatic hydroxyl groups excluding tert-OH is 2. The van der Waals surface area contributed by atoms with Gasteiger partial charge < -0.3 is 24.8 Å². The molecule has 2 unspecified atom stereocenters. The van der Waals surface area contributed by atoms with E-state index in [1.165, 1.54) is 24.3 Å². The fourth-order valence-corrected chi connectivity index (χ4v) is 2.29. The summed E-state index contributed by atoms with van der Waals surface area (Å²) in [6, 6.07) is 0. The first-order valence-electron chi connectivity index (χ1n) is 6.00. The molecule has 2 aromatic heterocycles. The molecule has 0 bridgehead atoms. The number of hydrogen-bond donors (Lipinski definition) is 3. The summed E-state index contributed by atoms with van der Waals surface area (Å²) >= 11 is 0. The zero-order valence-electron chi connectivity index (χ0n) is 10.6. The van der Waals surface area contributed by atoms with Crippen molar-refractivity contribution in [1.29, 1.82) is 0 Å². The molecule has 0 spiro atoms. The number of aromatic hydroxyl groups is 1. The Morgan fingerprint density at radius 3 is 2.85 bits per heavy atom. The summed E-state index contributed by atoms with van der Waals surface area (Å²) in [4.78, 5) is 11.6. The minimum Gasteiger partial charge on any atom is -0.492 e. The molecule has 1 aliphatic rings. The number of hydrogen-bond acceptors (Lipinski definition) is 8. The van der Waals surface area contributed by atoms with Crippen LogP contribution in [0.25, 0.3) is 11.2 Å². The minimum absolute atomic E-state index is 0.154.